The summed E-state index contributed by atoms with van der Waals surface area (Å²) < 4.78 is 18.4. The fourth-order valence-electron chi connectivity index (χ4n) is 0.241. The van der Waals surface area contributed by atoms with Crippen molar-refractivity contribution < 1.29 is 8.76 Å². The molecule has 0 spiro atoms. The second kappa shape index (κ2) is 3.51. The molecule has 1 atom stereocenters. The number of rotatable bonds is 1. The Labute approximate surface area is 50.4 Å². The molecule has 46 valence electrons. The Bertz CT molecular complexity index is 141. The van der Waals surface area contributed by atoms with Gasteiger partial charge in [0.2, 0.25) is 11.1 Å². The molecule has 0 radical (unpaired) electrons. The van der Waals surface area contributed by atoms with Crippen LogP contribution in [0.4, 0.5) is 0 Å². The van der Waals surface area contributed by atoms with E-state index >= 15 is 0 Å². The Balaban J connectivity index is 4.13. The largest absolute Gasteiger partial charge is 0.301 e. The zero-order valence-corrected chi connectivity index (χ0v) is 5.31. The summed E-state index contributed by atoms with van der Waals surface area (Å²) in [6, 6.07) is 0. The molecular weight excluding hydrogens is 126 g/mol. The monoisotopic (exact) mass is 133 g/mol. The summed E-state index contributed by atoms with van der Waals surface area (Å²) in [6.45, 7) is 3.27. The average Bonchev–Trinajstić information content (AvgIpc) is 1.69. The van der Waals surface area contributed by atoms with Crippen LogP contribution in [0.3, 0.4) is 0 Å². The van der Waals surface area contributed by atoms with E-state index in [0.717, 1.165) is 0 Å². The lowest BCUT2D eigenvalue weighted by Crippen LogP contribution is -2.00. The van der Waals surface area contributed by atoms with Crippen LogP contribution < -0.4 is 0 Å². The SMILES string of the molecule is C=CC(=NC)S(=O)O. The van der Waals surface area contributed by atoms with Gasteiger partial charge in [-0.1, -0.05) is 6.58 Å². The first kappa shape index (κ1) is 7.52. The standard InChI is InChI=1S/C4H7NO2S/c1-3-4(5-2)8(6)7/h3H,1H2,2H3,(H,6,7). The smallest absolute Gasteiger partial charge is 0.205 e. The highest BCUT2D eigenvalue weighted by Gasteiger charge is 1.95. The molecule has 0 aromatic rings. The minimum Gasteiger partial charge on any atom is -0.301 e. The predicted molar refractivity (Wildman–Crippen MR) is 34.3 cm³/mol. The summed E-state index contributed by atoms with van der Waals surface area (Å²) in [5.41, 5.74) is 0. The van der Waals surface area contributed by atoms with Crippen molar-refractivity contribution in [3.63, 3.8) is 0 Å². The Kier molecular flexibility index (Phi) is 3.30. The molecule has 8 heavy (non-hydrogen) atoms. The van der Waals surface area contributed by atoms with Crippen molar-refractivity contribution in [2.75, 3.05) is 7.05 Å². The minimum absolute atomic E-state index is 0.102. The van der Waals surface area contributed by atoms with E-state index in [9.17, 15) is 4.21 Å². The van der Waals surface area contributed by atoms with Gasteiger partial charge in [0.15, 0.2) is 0 Å². The third-order valence-corrected chi connectivity index (χ3v) is 1.28. The second-order valence-electron chi connectivity index (χ2n) is 1.02. The van der Waals surface area contributed by atoms with Crippen molar-refractivity contribution in [3.8, 4) is 0 Å². The van der Waals surface area contributed by atoms with Crippen molar-refractivity contribution in [2.24, 2.45) is 4.99 Å². The summed E-state index contributed by atoms with van der Waals surface area (Å²) in [5, 5.41) is 0.102. The van der Waals surface area contributed by atoms with Gasteiger partial charge >= 0.3 is 0 Å². The van der Waals surface area contributed by atoms with Gasteiger partial charge in [-0.05, 0) is 6.08 Å². The summed E-state index contributed by atoms with van der Waals surface area (Å²) >= 11 is -1.97. The molecule has 0 saturated carbocycles. The van der Waals surface area contributed by atoms with Crippen molar-refractivity contribution in [1.82, 2.24) is 0 Å². The van der Waals surface area contributed by atoms with Crippen molar-refractivity contribution in [1.29, 1.82) is 0 Å². The van der Waals surface area contributed by atoms with Crippen LogP contribution in [-0.4, -0.2) is 20.9 Å². The van der Waals surface area contributed by atoms with Crippen LogP contribution in [0.25, 0.3) is 0 Å². The summed E-state index contributed by atoms with van der Waals surface area (Å²) in [5.74, 6) is 0. The maximum absolute atomic E-state index is 10.1. The van der Waals surface area contributed by atoms with E-state index in [1.807, 2.05) is 0 Å². The zero-order chi connectivity index (χ0) is 6.57. The van der Waals surface area contributed by atoms with E-state index in [1.54, 1.807) is 0 Å². The molecule has 0 aromatic heterocycles. The number of hydrogen-bond donors (Lipinski definition) is 1. The lowest BCUT2D eigenvalue weighted by Gasteiger charge is -1.86. The summed E-state index contributed by atoms with van der Waals surface area (Å²) in [6.07, 6.45) is 1.25. The van der Waals surface area contributed by atoms with Gasteiger partial charge in [0, 0.05) is 7.05 Å². The molecule has 0 rings (SSSR count). The molecule has 3 nitrogen and oxygen atoms in total. The van der Waals surface area contributed by atoms with E-state index in [-0.39, 0.29) is 5.04 Å². The third-order valence-electron chi connectivity index (χ3n) is 0.574. The summed E-state index contributed by atoms with van der Waals surface area (Å²) in [4.78, 5) is 3.45. The highest BCUT2D eigenvalue weighted by atomic mass is 32.2. The molecule has 0 saturated heterocycles. The molecule has 4 heteroatoms. The molecule has 0 aliphatic heterocycles. The van der Waals surface area contributed by atoms with Crippen LogP contribution >= 0.6 is 0 Å². The second-order valence-corrected chi connectivity index (χ2v) is 1.93. The maximum Gasteiger partial charge on any atom is 0.205 e. The lowest BCUT2D eigenvalue weighted by molar-refractivity contribution is 0.577. The van der Waals surface area contributed by atoms with Crippen LogP contribution in [0.1, 0.15) is 0 Å². The van der Waals surface area contributed by atoms with E-state index in [0.29, 0.717) is 0 Å². The van der Waals surface area contributed by atoms with E-state index in [4.69, 9.17) is 4.55 Å². The Morgan fingerprint density at radius 3 is 2.50 bits per heavy atom. The van der Waals surface area contributed by atoms with Gasteiger partial charge in [-0.15, -0.1) is 0 Å². The Hall–Kier alpha value is -0.480. The fraction of sp³-hybridized carbons (Fsp3) is 0.250. The van der Waals surface area contributed by atoms with E-state index in [1.165, 1.54) is 13.1 Å². The van der Waals surface area contributed by atoms with Crippen LogP contribution in [0.5, 0.6) is 0 Å². The number of nitrogens with zero attached hydrogens (tertiary/aromatic N) is 1. The third kappa shape index (κ3) is 1.99. The number of hydrogen-bond acceptors (Lipinski definition) is 2. The van der Waals surface area contributed by atoms with Gasteiger partial charge in [-0.2, -0.15) is 0 Å². The Morgan fingerprint density at radius 1 is 2.00 bits per heavy atom. The molecule has 0 amide bonds. The molecule has 0 aliphatic carbocycles. The fourth-order valence-corrected chi connectivity index (χ4v) is 0.539. The first-order valence-electron chi connectivity index (χ1n) is 1.92. The van der Waals surface area contributed by atoms with Gasteiger partial charge in [0.25, 0.3) is 0 Å². The molecule has 0 fully saturated rings. The highest BCUT2D eigenvalue weighted by molar-refractivity contribution is 7.96. The van der Waals surface area contributed by atoms with Crippen LogP contribution in [-0.2, 0) is 11.1 Å². The van der Waals surface area contributed by atoms with Gasteiger partial charge in [0.05, 0.1) is 0 Å². The van der Waals surface area contributed by atoms with Crippen molar-refractivity contribution in [3.05, 3.63) is 12.7 Å². The predicted octanol–water partition coefficient (Wildman–Crippen LogP) is 0.422. The van der Waals surface area contributed by atoms with E-state index < -0.39 is 11.1 Å². The molecule has 1 unspecified atom stereocenters. The molecule has 0 bridgehead atoms. The average molecular weight is 133 g/mol. The first-order chi connectivity index (χ1) is 3.72. The normalized spacial score (nSPS) is 15.5. The van der Waals surface area contributed by atoms with Gasteiger partial charge in [0.1, 0.15) is 5.04 Å². The molecule has 0 aromatic carbocycles. The first-order valence-corrected chi connectivity index (χ1v) is 3.03. The minimum atomic E-state index is -1.97. The van der Waals surface area contributed by atoms with Crippen LogP contribution in [0.15, 0.2) is 17.6 Å². The molecular formula is C4H7NO2S. The van der Waals surface area contributed by atoms with Crippen molar-refractivity contribution in [2.45, 2.75) is 0 Å². The highest BCUT2D eigenvalue weighted by Crippen LogP contribution is 1.81. The Morgan fingerprint density at radius 2 is 2.50 bits per heavy atom. The molecule has 0 aliphatic rings. The maximum atomic E-state index is 10.1. The van der Waals surface area contributed by atoms with Crippen LogP contribution in [0, 0.1) is 0 Å². The molecule has 1 N–H and O–H groups in total. The quantitative estimate of drug-likeness (QED) is 0.320. The topological polar surface area (TPSA) is 49.7 Å². The van der Waals surface area contributed by atoms with Gasteiger partial charge in [-0.3, -0.25) is 4.99 Å². The van der Waals surface area contributed by atoms with E-state index in [2.05, 4.69) is 11.6 Å². The number of aliphatic imine (C=N–C) groups is 1. The van der Waals surface area contributed by atoms with Crippen LogP contribution in [0.2, 0.25) is 0 Å². The van der Waals surface area contributed by atoms with Crippen molar-refractivity contribution >= 4 is 16.1 Å². The lowest BCUT2D eigenvalue weighted by atomic mass is 10.7. The van der Waals surface area contributed by atoms with Gasteiger partial charge < -0.3 is 4.55 Å². The summed E-state index contributed by atoms with van der Waals surface area (Å²) in [7, 11) is 1.44. The molecule has 0 heterocycles. The zero-order valence-electron chi connectivity index (χ0n) is 4.50. The van der Waals surface area contributed by atoms with Gasteiger partial charge in [-0.25, -0.2) is 4.21 Å².